The summed E-state index contributed by atoms with van der Waals surface area (Å²) in [6.45, 7) is 2.57. The van der Waals surface area contributed by atoms with Crippen LogP contribution in [-0.4, -0.2) is 40.6 Å². The lowest BCUT2D eigenvalue weighted by Crippen LogP contribution is -2.51. The fraction of sp³-hybridized carbons (Fsp3) is 0.895. The second kappa shape index (κ2) is 8.59. The summed E-state index contributed by atoms with van der Waals surface area (Å²) >= 11 is 1.82. The van der Waals surface area contributed by atoms with E-state index in [9.17, 15) is 9.59 Å². The van der Waals surface area contributed by atoms with Gasteiger partial charge in [-0.2, -0.15) is 0 Å². The highest BCUT2D eigenvalue weighted by molar-refractivity contribution is 8.00. The second-order valence-corrected chi connectivity index (χ2v) is 8.68. The molecule has 2 aliphatic carbocycles. The van der Waals surface area contributed by atoms with Gasteiger partial charge in [0.15, 0.2) is 0 Å². The van der Waals surface area contributed by atoms with Crippen molar-refractivity contribution in [3.05, 3.63) is 0 Å². The number of thioether (sulfide) groups is 1. The van der Waals surface area contributed by atoms with Gasteiger partial charge in [-0.25, -0.2) is 4.79 Å². The molecule has 3 aliphatic rings. The molecular weight excluding hydrogens is 322 g/mol. The molecule has 0 aromatic heterocycles. The molecule has 1 heterocycles. The first-order valence-corrected chi connectivity index (χ1v) is 10.9. The first-order valence-electron chi connectivity index (χ1n) is 9.82. The maximum absolute atomic E-state index is 13.0. The van der Waals surface area contributed by atoms with Gasteiger partial charge in [0.05, 0.1) is 12.0 Å². The third kappa shape index (κ3) is 3.92. The highest BCUT2D eigenvalue weighted by atomic mass is 32.2. The van der Waals surface area contributed by atoms with E-state index in [1.54, 1.807) is 0 Å². The van der Waals surface area contributed by atoms with Crippen LogP contribution < -0.4 is 0 Å². The minimum atomic E-state index is -0.355. The molecular formula is C19H31NO3S. The number of amides is 1. The smallest absolute Gasteiger partial charge is 0.329 e. The van der Waals surface area contributed by atoms with Gasteiger partial charge in [-0.1, -0.05) is 39.0 Å². The molecule has 0 N–H and O–H groups in total. The van der Waals surface area contributed by atoms with E-state index in [4.69, 9.17) is 4.74 Å². The standard InChI is InChI=1S/C19H31NO3S/c1-2-3-12-23-19(22)16-13-24-18(15-8-5-4-6-9-15)20(16)17(21)14-10-7-11-14/h14-16,18H,2-13H2,1H3. The maximum atomic E-state index is 13.0. The molecule has 2 saturated carbocycles. The molecule has 0 aromatic rings. The van der Waals surface area contributed by atoms with Gasteiger partial charge in [0.1, 0.15) is 6.04 Å². The van der Waals surface area contributed by atoms with Crippen LogP contribution in [0.1, 0.15) is 71.1 Å². The van der Waals surface area contributed by atoms with Crippen molar-refractivity contribution in [2.24, 2.45) is 11.8 Å². The number of unbranched alkanes of at least 4 members (excludes halogenated alkanes) is 1. The van der Waals surface area contributed by atoms with E-state index in [1.165, 1.54) is 32.1 Å². The largest absolute Gasteiger partial charge is 0.464 e. The third-order valence-electron chi connectivity index (χ3n) is 5.81. The lowest BCUT2D eigenvalue weighted by molar-refractivity contribution is -0.157. The summed E-state index contributed by atoms with van der Waals surface area (Å²) in [4.78, 5) is 27.6. The lowest BCUT2D eigenvalue weighted by atomic mass is 9.83. The lowest BCUT2D eigenvalue weighted by Gasteiger charge is -2.38. The molecule has 3 fully saturated rings. The Morgan fingerprint density at radius 3 is 2.46 bits per heavy atom. The summed E-state index contributed by atoms with van der Waals surface area (Å²) in [5.41, 5.74) is 0. The summed E-state index contributed by atoms with van der Waals surface area (Å²) in [5, 5.41) is 0.196. The molecule has 0 spiro atoms. The van der Waals surface area contributed by atoms with Crippen molar-refractivity contribution in [3.8, 4) is 0 Å². The fourth-order valence-corrected chi connectivity index (χ4v) is 5.68. The van der Waals surface area contributed by atoms with Crippen LogP contribution in [0, 0.1) is 11.8 Å². The maximum Gasteiger partial charge on any atom is 0.329 e. The predicted octanol–water partition coefficient (Wildman–Crippen LogP) is 3.98. The zero-order valence-electron chi connectivity index (χ0n) is 14.9. The monoisotopic (exact) mass is 353 g/mol. The van der Waals surface area contributed by atoms with E-state index in [1.807, 2.05) is 16.7 Å². The van der Waals surface area contributed by atoms with Crippen molar-refractivity contribution < 1.29 is 14.3 Å². The van der Waals surface area contributed by atoms with Crippen molar-refractivity contribution in [2.75, 3.05) is 12.4 Å². The van der Waals surface area contributed by atoms with Crippen molar-refractivity contribution in [1.82, 2.24) is 4.90 Å². The average Bonchev–Trinajstić information content (AvgIpc) is 2.99. The first-order chi connectivity index (χ1) is 11.7. The van der Waals surface area contributed by atoms with Gasteiger partial charge in [-0.15, -0.1) is 11.8 Å². The number of hydrogen-bond donors (Lipinski definition) is 0. The van der Waals surface area contributed by atoms with Gasteiger partial charge < -0.3 is 9.64 Å². The molecule has 2 atom stereocenters. The SMILES string of the molecule is CCCCOC(=O)C1CSC(C2CCCCC2)N1C(=O)C1CCC1. The number of carbonyl (C=O) groups excluding carboxylic acids is 2. The van der Waals surface area contributed by atoms with E-state index in [2.05, 4.69) is 6.92 Å². The van der Waals surface area contributed by atoms with Crippen LogP contribution in [0.25, 0.3) is 0 Å². The van der Waals surface area contributed by atoms with Crippen molar-refractivity contribution in [1.29, 1.82) is 0 Å². The summed E-state index contributed by atoms with van der Waals surface area (Å²) in [6.07, 6.45) is 11.3. The summed E-state index contributed by atoms with van der Waals surface area (Å²) in [6, 6.07) is -0.355. The Labute approximate surface area is 150 Å². The molecule has 0 radical (unpaired) electrons. The first kappa shape index (κ1) is 18.1. The molecule has 3 rings (SSSR count). The van der Waals surface area contributed by atoms with Crippen LogP contribution in [0.4, 0.5) is 0 Å². The Morgan fingerprint density at radius 1 is 1.08 bits per heavy atom. The third-order valence-corrected chi connectivity index (χ3v) is 7.27. The summed E-state index contributed by atoms with van der Waals surface area (Å²) in [5.74, 6) is 1.47. The fourth-order valence-electron chi connectivity index (χ4n) is 4.05. The number of ether oxygens (including phenoxy) is 1. The predicted molar refractivity (Wildman–Crippen MR) is 96.7 cm³/mol. The van der Waals surface area contributed by atoms with Crippen LogP contribution in [0.5, 0.6) is 0 Å². The Morgan fingerprint density at radius 2 is 1.83 bits per heavy atom. The van der Waals surface area contributed by atoms with Gasteiger partial charge in [0, 0.05) is 11.7 Å². The van der Waals surface area contributed by atoms with Crippen LogP contribution in [0.2, 0.25) is 0 Å². The molecule has 4 nitrogen and oxygen atoms in total. The van der Waals surface area contributed by atoms with Gasteiger partial charge in [-0.3, -0.25) is 4.79 Å². The Hall–Kier alpha value is -0.710. The number of nitrogens with zero attached hydrogens (tertiary/aromatic N) is 1. The quantitative estimate of drug-likeness (QED) is 0.535. The molecule has 2 unspecified atom stereocenters. The molecule has 0 bridgehead atoms. The number of carbonyl (C=O) groups is 2. The van der Waals surface area contributed by atoms with Crippen LogP contribution in [0.3, 0.4) is 0 Å². The van der Waals surface area contributed by atoms with Crippen LogP contribution >= 0.6 is 11.8 Å². The van der Waals surface area contributed by atoms with Crippen LogP contribution in [0.15, 0.2) is 0 Å². The summed E-state index contributed by atoms with van der Waals surface area (Å²) in [7, 11) is 0. The second-order valence-electron chi connectivity index (χ2n) is 7.53. The van der Waals surface area contributed by atoms with Gasteiger partial charge in [0.25, 0.3) is 0 Å². The van der Waals surface area contributed by atoms with Crippen molar-refractivity contribution >= 4 is 23.6 Å². The molecule has 1 amide bonds. The molecule has 1 aliphatic heterocycles. The van der Waals surface area contributed by atoms with Crippen molar-refractivity contribution in [2.45, 2.75) is 82.5 Å². The van der Waals surface area contributed by atoms with Gasteiger partial charge >= 0.3 is 5.97 Å². The van der Waals surface area contributed by atoms with E-state index in [-0.39, 0.29) is 29.2 Å². The zero-order valence-corrected chi connectivity index (χ0v) is 15.7. The zero-order chi connectivity index (χ0) is 16.9. The van der Waals surface area contributed by atoms with E-state index in [0.29, 0.717) is 18.3 Å². The molecule has 1 saturated heterocycles. The van der Waals surface area contributed by atoms with Gasteiger partial charge in [0.2, 0.25) is 5.91 Å². The average molecular weight is 354 g/mol. The van der Waals surface area contributed by atoms with Gasteiger partial charge in [-0.05, 0) is 38.0 Å². The van der Waals surface area contributed by atoms with E-state index in [0.717, 1.165) is 32.1 Å². The Bertz CT molecular complexity index is 446. The molecule has 0 aromatic carbocycles. The molecule has 5 heteroatoms. The number of rotatable bonds is 6. The molecule has 24 heavy (non-hydrogen) atoms. The summed E-state index contributed by atoms with van der Waals surface area (Å²) < 4.78 is 5.47. The van der Waals surface area contributed by atoms with Crippen LogP contribution in [-0.2, 0) is 14.3 Å². The van der Waals surface area contributed by atoms with E-state index >= 15 is 0 Å². The highest BCUT2D eigenvalue weighted by Crippen LogP contribution is 2.43. The highest BCUT2D eigenvalue weighted by Gasteiger charge is 2.47. The van der Waals surface area contributed by atoms with E-state index < -0.39 is 0 Å². The minimum absolute atomic E-state index is 0.153. The van der Waals surface area contributed by atoms with Crippen molar-refractivity contribution in [3.63, 3.8) is 0 Å². The minimum Gasteiger partial charge on any atom is -0.464 e. The normalized spacial score (nSPS) is 28.6. The Kier molecular flexibility index (Phi) is 6.48. The Balaban J connectivity index is 1.69. The molecule has 136 valence electrons. The number of hydrogen-bond acceptors (Lipinski definition) is 4. The topological polar surface area (TPSA) is 46.6 Å². The number of esters is 1.